The number of fused-ring (bicyclic) bond motifs is 1. The van der Waals surface area contributed by atoms with E-state index in [0.29, 0.717) is 5.56 Å². The van der Waals surface area contributed by atoms with Gasteiger partial charge in [-0.15, -0.1) is 0 Å². The molecule has 2 aromatic carbocycles. The van der Waals surface area contributed by atoms with Crippen LogP contribution in [-0.2, 0) is 20.7 Å². The van der Waals surface area contributed by atoms with Gasteiger partial charge in [-0.05, 0) is 47.5 Å². The van der Waals surface area contributed by atoms with Gasteiger partial charge in [-0.2, -0.15) is 0 Å². The lowest BCUT2D eigenvalue weighted by Crippen LogP contribution is -2.42. The Morgan fingerprint density at radius 1 is 1.17 bits per heavy atom. The Kier molecular flexibility index (Phi) is 6.26. The Labute approximate surface area is 172 Å². The Morgan fingerprint density at radius 2 is 1.97 bits per heavy atom. The largest absolute Gasteiger partial charge is 0.508 e. The van der Waals surface area contributed by atoms with Gasteiger partial charge in [0.15, 0.2) is 11.5 Å². The molecule has 3 aromatic rings. The summed E-state index contributed by atoms with van der Waals surface area (Å²) in [6, 6.07) is 8.63. The molecular formula is C22H22N2O6. The molecule has 0 aliphatic carbocycles. The molecule has 8 nitrogen and oxygen atoms in total. The minimum atomic E-state index is -0.914. The molecular weight excluding hydrogens is 388 g/mol. The standard InChI is InChI=1S/C22H22N2O6/c1-29-20-9-13(3-7-19(20)26)4-8-21(27)24-18(22(28)30-2)10-14-12-23-17-6-5-15(25)11-16(14)17/h3-9,11-12,18,23,25-26H,10H2,1-2H3,(H,24,27)/b8-4+. The zero-order valence-corrected chi connectivity index (χ0v) is 16.5. The minimum Gasteiger partial charge on any atom is -0.508 e. The molecule has 0 radical (unpaired) electrons. The zero-order valence-electron chi connectivity index (χ0n) is 16.5. The van der Waals surface area contributed by atoms with Gasteiger partial charge in [0.25, 0.3) is 0 Å². The molecule has 30 heavy (non-hydrogen) atoms. The number of ether oxygens (including phenoxy) is 2. The summed E-state index contributed by atoms with van der Waals surface area (Å²) in [5.41, 5.74) is 2.20. The fraction of sp³-hybridized carbons (Fsp3) is 0.182. The lowest BCUT2D eigenvalue weighted by Gasteiger charge is -2.15. The quantitative estimate of drug-likeness (QED) is 0.351. The van der Waals surface area contributed by atoms with Crippen LogP contribution in [0.1, 0.15) is 11.1 Å². The highest BCUT2D eigenvalue weighted by molar-refractivity contribution is 5.95. The summed E-state index contributed by atoms with van der Waals surface area (Å²) >= 11 is 0. The number of aromatic amines is 1. The highest BCUT2D eigenvalue weighted by Crippen LogP contribution is 2.27. The topological polar surface area (TPSA) is 121 Å². The number of hydrogen-bond acceptors (Lipinski definition) is 6. The maximum Gasteiger partial charge on any atom is 0.328 e. The number of hydrogen-bond donors (Lipinski definition) is 4. The third-order valence-electron chi connectivity index (χ3n) is 4.61. The van der Waals surface area contributed by atoms with Crippen LogP contribution in [0.5, 0.6) is 17.2 Å². The molecule has 8 heteroatoms. The third-order valence-corrected chi connectivity index (χ3v) is 4.61. The van der Waals surface area contributed by atoms with Gasteiger partial charge in [0.2, 0.25) is 5.91 Å². The van der Waals surface area contributed by atoms with Crippen LogP contribution in [0.4, 0.5) is 0 Å². The number of rotatable bonds is 7. The van der Waals surface area contributed by atoms with Crippen molar-refractivity contribution in [3.63, 3.8) is 0 Å². The number of phenols is 2. The van der Waals surface area contributed by atoms with E-state index in [-0.39, 0.29) is 23.7 Å². The molecule has 1 atom stereocenters. The molecule has 0 spiro atoms. The molecule has 1 heterocycles. The smallest absolute Gasteiger partial charge is 0.328 e. The fourth-order valence-electron chi connectivity index (χ4n) is 3.08. The number of amides is 1. The fourth-order valence-corrected chi connectivity index (χ4v) is 3.08. The first-order chi connectivity index (χ1) is 14.4. The van der Waals surface area contributed by atoms with Crippen molar-refractivity contribution in [2.75, 3.05) is 14.2 Å². The van der Waals surface area contributed by atoms with Crippen LogP contribution in [-0.4, -0.2) is 47.3 Å². The first-order valence-corrected chi connectivity index (χ1v) is 9.13. The molecule has 0 aliphatic rings. The summed E-state index contributed by atoms with van der Waals surface area (Å²) < 4.78 is 9.86. The molecule has 1 unspecified atom stereocenters. The Balaban J connectivity index is 1.75. The monoisotopic (exact) mass is 410 g/mol. The zero-order chi connectivity index (χ0) is 21.7. The SMILES string of the molecule is COC(=O)C(Cc1c[nH]c2ccc(O)cc12)NC(=O)/C=C/c1ccc(O)c(OC)c1. The minimum absolute atomic E-state index is 0.00498. The van der Waals surface area contributed by atoms with E-state index in [9.17, 15) is 19.8 Å². The first kappa shape index (κ1) is 20.8. The van der Waals surface area contributed by atoms with Crippen LogP contribution in [0.25, 0.3) is 17.0 Å². The van der Waals surface area contributed by atoms with Crippen molar-refractivity contribution in [3.05, 3.63) is 59.8 Å². The maximum absolute atomic E-state index is 12.4. The van der Waals surface area contributed by atoms with Gasteiger partial charge < -0.3 is 30.0 Å². The Bertz CT molecular complexity index is 1100. The number of aromatic hydroxyl groups is 2. The summed E-state index contributed by atoms with van der Waals surface area (Å²) in [6.45, 7) is 0. The molecule has 0 fully saturated rings. The van der Waals surface area contributed by atoms with Crippen molar-refractivity contribution in [2.24, 2.45) is 0 Å². The average molecular weight is 410 g/mol. The number of H-pyrrole nitrogens is 1. The van der Waals surface area contributed by atoms with Crippen molar-refractivity contribution < 1.29 is 29.3 Å². The number of nitrogens with one attached hydrogen (secondary N) is 2. The van der Waals surface area contributed by atoms with Gasteiger partial charge in [0.05, 0.1) is 14.2 Å². The molecule has 0 saturated heterocycles. The van der Waals surface area contributed by atoms with Gasteiger partial charge in [-0.3, -0.25) is 4.79 Å². The number of phenolic OH excluding ortho intramolecular Hbond substituents is 2. The second-order valence-corrected chi connectivity index (χ2v) is 6.60. The van der Waals surface area contributed by atoms with E-state index in [1.165, 1.54) is 32.4 Å². The highest BCUT2D eigenvalue weighted by Gasteiger charge is 2.22. The first-order valence-electron chi connectivity index (χ1n) is 9.13. The van der Waals surface area contributed by atoms with E-state index in [1.807, 2.05) is 0 Å². The lowest BCUT2D eigenvalue weighted by atomic mass is 10.0. The summed E-state index contributed by atoms with van der Waals surface area (Å²) in [6.07, 6.45) is 4.73. The van der Waals surface area contributed by atoms with Crippen LogP contribution in [0, 0.1) is 0 Å². The number of carbonyl (C=O) groups is 2. The maximum atomic E-state index is 12.4. The van der Waals surface area contributed by atoms with Crippen LogP contribution < -0.4 is 10.1 Å². The lowest BCUT2D eigenvalue weighted by molar-refractivity contribution is -0.144. The summed E-state index contributed by atoms with van der Waals surface area (Å²) in [4.78, 5) is 27.7. The van der Waals surface area contributed by atoms with Crippen molar-refractivity contribution >= 4 is 28.9 Å². The summed E-state index contributed by atoms with van der Waals surface area (Å²) in [5, 5.41) is 22.8. The van der Waals surface area contributed by atoms with E-state index in [4.69, 9.17) is 9.47 Å². The van der Waals surface area contributed by atoms with Gasteiger partial charge in [-0.25, -0.2) is 4.79 Å². The van der Waals surface area contributed by atoms with E-state index in [2.05, 4.69) is 10.3 Å². The van der Waals surface area contributed by atoms with Crippen LogP contribution in [0.2, 0.25) is 0 Å². The number of aromatic nitrogens is 1. The predicted octanol–water partition coefficient (Wildman–Crippen LogP) is 2.50. The molecule has 0 aliphatic heterocycles. The predicted molar refractivity (Wildman–Crippen MR) is 111 cm³/mol. The van der Waals surface area contributed by atoms with Gasteiger partial charge in [0, 0.05) is 29.6 Å². The normalized spacial score (nSPS) is 12.1. The average Bonchev–Trinajstić information content (AvgIpc) is 3.13. The van der Waals surface area contributed by atoms with E-state index < -0.39 is 17.9 Å². The van der Waals surface area contributed by atoms with Crippen molar-refractivity contribution in [2.45, 2.75) is 12.5 Å². The van der Waals surface area contributed by atoms with Crippen molar-refractivity contribution in [1.82, 2.24) is 10.3 Å². The number of methoxy groups -OCH3 is 2. The molecule has 1 amide bonds. The number of carbonyl (C=O) groups excluding carboxylic acids is 2. The molecule has 4 N–H and O–H groups in total. The van der Waals surface area contributed by atoms with Gasteiger partial charge in [0.1, 0.15) is 11.8 Å². The molecule has 1 aromatic heterocycles. The Morgan fingerprint density at radius 3 is 2.70 bits per heavy atom. The van der Waals surface area contributed by atoms with Gasteiger partial charge in [-0.1, -0.05) is 6.07 Å². The molecule has 156 valence electrons. The van der Waals surface area contributed by atoms with E-state index in [0.717, 1.165) is 16.5 Å². The van der Waals surface area contributed by atoms with Crippen LogP contribution >= 0.6 is 0 Å². The molecule has 3 rings (SSSR count). The van der Waals surface area contributed by atoms with Crippen molar-refractivity contribution in [1.29, 1.82) is 0 Å². The number of benzene rings is 2. The highest BCUT2D eigenvalue weighted by atomic mass is 16.5. The van der Waals surface area contributed by atoms with E-state index in [1.54, 1.807) is 36.5 Å². The number of esters is 1. The molecule has 0 bridgehead atoms. The molecule has 0 saturated carbocycles. The van der Waals surface area contributed by atoms with Crippen LogP contribution in [0.15, 0.2) is 48.7 Å². The van der Waals surface area contributed by atoms with E-state index >= 15 is 0 Å². The van der Waals surface area contributed by atoms with Crippen molar-refractivity contribution in [3.8, 4) is 17.2 Å². The van der Waals surface area contributed by atoms with Crippen LogP contribution in [0.3, 0.4) is 0 Å². The Hall–Kier alpha value is -3.94. The summed E-state index contributed by atoms with van der Waals surface area (Å²) in [7, 11) is 2.68. The third kappa shape index (κ3) is 4.72. The second kappa shape index (κ2) is 9.04. The second-order valence-electron chi connectivity index (χ2n) is 6.60. The van der Waals surface area contributed by atoms with Gasteiger partial charge >= 0.3 is 5.97 Å². The summed E-state index contributed by atoms with van der Waals surface area (Å²) in [5.74, 6) is -0.686.